The predicted octanol–water partition coefficient (Wildman–Crippen LogP) is 16.1. The highest BCUT2D eigenvalue weighted by Gasteiger charge is 2.36. The lowest BCUT2D eigenvalue weighted by atomic mass is 9.97. The van der Waals surface area contributed by atoms with E-state index >= 15 is 0 Å². The fourth-order valence-corrected chi connectivity index (χ4v) is 12.6. The van der Waals surface area contributed by atoms with E-state index in [-0.39, 0.29) is 0 Å². The van der Waals surface area contributed by atoms with Gasteiger partial charge in [-0.05, 0) is 117 Å². The van der Waals surface area contributed by atoms with E-state index in [9.17, 15) is 0 Å². The third-order valence-electron chi connectivity index (χ3n) is 11.2. The molecule has 0 spiro atoms. The minimum absolute atomic E-state index is 1.10. The molecule has 1 nitrogen and oxygen atoms in total. The molecule has 0 atom stereocenters. The average molecular weight is 760 g/mol. The van der Waals surface area contributed by atoms with Crippen molar-refractivity contribution in [2.45, 2.75) is 19.6 Å². The smallest absolute Gasteiger partial charge is 0.0462 e. The van der Waals surface area contributed by atoms with Crippen LogP contribution in [0.25, 0.3) is 43.8 Å². The number of nitrogens with zero attached hydrogens (tertiary/aromatic N) is 1. The van der Waals surface area contributed by atoms with Crippen molar-refractivity contribution in [2.24, 2.45) is 0 Å². The minimum Gasteiger partial charge on any atom is -0.311 e. The lowest BCUT2D eigenvalue weighted by Crippen LogP contribution is -2.10. The van der Waals surface area contributed by atoms with Crippen LogP contribution in [0.4, 0.5) is 17.1 Å². The molecule has 0 radical (unpaired) electrons. The Morgan fingerprint density at radius 3 is 1.24 bits per heavy atom. The summed E-state index contributed by atoms with van der Waals surface area (Å²) in [5.41, 5.74) is 8.22. The monoisotopic (exact) mass is 759 g/mol. The minimum atomic E-state index is -1.95. The van der Waals surface area contributed by atoms with Gasteiger partial charge in [0.25, 0.3) is 0 Å². The van der Waals surface area contributed by atoms with Crippen LogP contribution in [0.1, 0.15) is 0 Å². The largest absolute Gasteiger partial charge is 0.311 e. The van der Waals surface area contributed by atoms with Crippen molar-refractivity contribution in [1.29, 1.82) is 0 Å². The molecule has 0 aromatic heterocycles. The lowest BCUT2D eigenvalue weighted by molar-refractivity contribution is 1.25. The maximum atomic E-state index is 2.40. The van der Waals surface area contributed by atoms with Crippen LogP contribution in [0.3, 0.4) is 0 Å². The van der Waals surface area contributed by atoms with Gasteiger partial charge in [0.2, 0.25) is 0 Å². The second-order valence-electron chi connectivity index (χ2n) is 14.5. The van der Waals surface area contributed by atoms with Crippen LogP contribution < -0.4 is 4.90 Å². The molecule has 0 amide bonds. The van der Waals surface area contributed by atoms with Crippen LogP contribution >= 0.6 is 10.0 Å². The molecule has 0 unspecified atom stereocenters. The van der Waals surface area contributed by atoms with Gasteiger partial charge in [0.1, 0.15) is 0 Å². The van der Waals surface area contributed by atoms with Crippen LogP contribution in [0.2, 0.25) is 0 Å². The zero-order chi connectivity index (χ0) is 38.7. The van der Waals surface area contributed by atoms with Gasteiger partial charge in [-0.1, -0.05) is 170 Å². The van der Waals surface area contributed by atoms with E-state index in [0.717, 1.165) is 17.1 Å². The maximum absolute atomic E-state index is 2.40. The van der Waals surface area contributed by atoms with Gasteiger partial charge in [0.05, 0.1) is 0 Å². The second-order valence-corrected chi connectivity index (χ2v) is 17.6. The maximum Gasteiger partial charge on any atom is 0.0462 e. The second kappa shape index (κ2) is 15.4. The van der Waals surface area contributed by atoms with Gasteiger partial charge in [0.15, 0.2) is 0 Å². The number of hydrogen-bond acceptors (Lipinski definition) is 1. The predicted molar refractivity (Wildman–Crippen MR) is 247 cm³/mol. The van der Waals surface area contributed by atoms with Crippen LogP contribution in [0, 0.1) is 0 Å². The molecule has 0 N–H and O–H groups in total. The molecule has 0 fully saturated rings. The van der Waals surface area contributed by atoms with Gasteiger partial charge in [-0.25, -0.2) is 0 Å². The molecular formula is C56H41NS. The van der Waals surface area contributed by atoms with E-state index in [0.29, 0.717) is 0 Å². The summed E-state index contributed by atoms with van der Waals surface area (Å²) in [6.07, 6.45) is 0. The molecule has 10 rings (SSSR count). The van der Waals surface area contributed by atoms with Crippen molar-refractivity contribution in [2.75, 3.05) is 4.90 Å². The van der Waals surface area contributed by atoms with Crippen LogP contribution in [-0.4, -0.2) is 0 Å². The Balaban J connectivity index is 1.15. The molecule has 2 heteroatoms. The molecule has 10 aromatic carbocycles. The molecule has 0 aliphatic rings. The van der Waals surface area contributed by atoms with E-state index in [1.54, 1.807) is 0 Å². The first-order valence-electron chi connectivity index (χ1n) is 19.8. The van der Waals surface area contributed by atoms with E-state index in [4.69, 9.17) is 0 Å². The standard InChI is InChI=1S/C56H41NS/c1-5-21-46(22-6-1)57(47-37-32-44(33-38-47)53-31-17-20-42-18-13-15-29-52(42)53)48-39-34-45(35-40-48)56-54-30-16-14-19-43(54)36-41-55(56)58(49-23-7-2-8-24-49,50-25-9-3-10-26-50)51-27-11-4-12-28-51/h1-41H. The van der Waals surface area contributed by atoms with Crippen molar-refractivity contribution in [3.05, 3.63) is 249 Å². The summed E-state index contributed by atoms with van der Waals surface area (Å²) in [6, 6.07) is 91.1. The summed E-state index contributed by atoms with van der Waals surface area (Å²) in [5.74, 6) is 0. The first-order valence-corrected chi connectivity index (χ1v) is 21.5. The van der Waals surface area contributed by atoms with Gasteiger partial charge in [-0.3, -0.25) is 0 Å². The van der Waals surface area contributed by atoms with Crippen molar-refractivity contribution in [3.8, 4) is 22.3 Å². The summed E-state index contributed by atoms with van der Waals surface area (Å²) in [5, 5.41) is 4.99. The third-order valence-corrected chi connectivity index (χ3v) is 15.1. The van der Waals surface area contributed by atoms with Gasteiger partial charge in [-0.15, -0.1) is 10.0 Å². The molecular weight excluding hydrogens is 719 g/mol. The number of benzene rings is 10. The number of hydrogen-bond donors (Lipinski definition) is 0. The summed E-state index contributed by atoms with van der Waals surface area (Å²) < 4.78 is 0. The first kappa shape index (κ1) is 35.3. The molecule has 0 bridgehead atoms. The molecule has 0 aliphatic carbocycles. The van der Waals surface area contributed by atoms with Gasteiger partial charge >= 0.3 is 0 Å². The first-order chi connectivity index (χ1) is 28.8. The topological polar surface area (TPSA) is 3.24 Å². The number of para-hydroxylation sites is 1. The molecule has 0 saturated heterocycles. The van der Waals surface area contributed by atoms with Crippen molar-refractivity contribution in [3.63, 3.8) is 0 Å². The normalized spacial score (nSPS) is 11.7. The summed E-state index contributed by atoms with van der Waals surface area (Å²) in [6.45, 7) is 0. The summed E-state index contributed by atoms with van der Waals surface area (Å²) >= 11 is 0. The fourth-order valence-electron chi connectivity index (χ4n) is 8.54. The lowest BCUT2D eigenvalue weighted by Gasteiger charge is -2.43. The molecule has 10 aromatic rings. The zero-order valence-electron chi connectivity index (χ0n) is 32.0. The van der Waals surface area contributed by atoms with Gasteiger partial charge in [0, 0.05) is 42.2 Å². The Hall–Kier alpha value is -7.13. The Bertz CT molecular complexity index is 2860. The van der Waals surface area contributed by atoms with Crippen LogP contribution in [-0.2, 0) is 0 Å². The third kappa shape index (κ3) is 6.25. The van der Waals surface area contributed by atoms with Crippen molar-refractivity contribution < 1.29 is 0 Å². The zero-order valence-corrected chi connectivity index (χ0v) is 32.8. The highest BCUT2D eigenvalue weighted by molar-refractivity contribution is 8.34. The van der Waals surface area contributed by atoms with Crippen LogP contribution in [0.5, 0.6) is 0 Å². The Morgan fingerprint density at radius 1 is 0.276 bits per heavy atom. The molecule has 0 aliphatic heterocycles. The SMILES string of the molecule is c1ccc(N(c2ccc(-c3cccc4ccccc34)cc2)c2ccc(-c3c(S(c4ccccc4)(c4ccccc4)c4ccccc4)ccc4ccccc34)cc2)cc1. The number of rotatable bonds is 9. The molecule has 58 heavy (non-hydrogen) atoms. The van der Waals surface area contributed by atoms with E-state index in [1.807, 2.05) is 0 Å². The molecule has 276 valence electrons. The Labute approximate surface area is 342 Å². The van der Waals surface area contributed by atoms with Crippen molar-refractivity contribution >= 4 is 48.6 Å². The highest BCUT2D eigenvalue weighted by atomic mass is 32.3. The van der Waals surface area contributed by atoms with E-state index < -0.39 is 10.0 Å². The Morgan fingerprint density at radius 2 is 0.690 bits per heavy atom. The van der Waals surface area contributed by atoms with E-state index in [2.05, 4.69) is 254 Å². The van der Waals surface area contributed by atoms with E-state index in [1.165, 1.54) is 63.4 Å². The number of anilines is 3. The van der Waals surface area contributed by atoms with Gasteiger partial charge < -0.3 is 4.90 Å². The average Bonchev–Trinajstić information content (AvgIpc) is 3.31. The summed E-state index contributed by atoms with van der Waals surface area (Å²) in [4.78, 5) is 7.61. The Kier molecular flexibility index (Phi) is 9.39. The quantitative estimate of drug-likeness (QED) is 0.142. The fraction of sp³-hybridized carbons (Fsp3) is 0. The molecule has 0 saturated carbocycles. The molecule has 0 heterocycles. The summed E-state index contributed by atoms with van der Waals surface area (Å²) in [7, 11) is -1.95. The van der Waals surface area contributed by atoms with Crippen molar-refractivity contribution in [1.82, 2.24) is 0 Å². The highest BCUT2D eigenvalue weighted by Crippen LogP contribution is 2.75. The van der Waals surface area contributed by atoms with Crippen LogP contribution in [0.15, 0.2) is 268 Å². The number of fused-ring (bicyclic) bond motifs is 2. The van der Waals surface area contributed by atoms with Gasteiger partial charge in [-0.2, -0.15) is 0 Å².